The third kappa shape index (κ3) is 3.81. The van der Waals surface area contributed by atoms with E-state index in [0.29, 0.717) is 12.0 Å². The van der Waals surface area contributed by atoms with E-state index in [9.17, 15) is 19.8 Å². The van der Waals surface area contributed by atoms with Crippen molar-refractivity contribution in [1.82, 2.24) is 0 Å². The van der Waals surface area contributed by atoms with Gasteiger partial charge in [-0.15, -0.1) is 0 Å². The van der Waals surface area contributed by atoms with Gasteiger partial charge in [-0.25, -0.2) is 0 Å². The Kier molecular flexibility index (Phi) is 5.13. The van der Waals surface area contributed by atoms with E-state index in [1.165, 1.54) is 12.1 Å². The molecule has 0 aliphatic carbocycles. The smallest absolute Gasteiger partial charge is 0.0721 e. The number of carbonyl (C=O) groups is 2. The highest BCUT2D eigenvalue weighted by Gasteiger charge is 2.16. The van der Waals surface area contributed by atoms with Crippen LogP contribution in [0.2, 0.25) is 0 Å². The molecule has 0 aliphatic heterocycles. The summed E-state index contributed by atoms with van der Waals surface area (Å²) in [4.78, 5) is 23.4. The zero-order valence-electron chi connectivity index (χ0n) is 14.0. The molecule has 3 rings (SSSR count). The van der Waals surface area contributed by atoms with Gasteiger partial charge in [-0.05, 0) is 35.1 Å². The van der Waals surface area contributed by atoms with Gasteiger partial charge in [0, 0.05) is 11.1 Å². The highest BCUT2D eigenvalue weighted by Crippen LogP contribution is 2.24. The van der Waals surface area contributed by atoms with Gasteiger partial charge in [0.05, 0.1) is 11.9 Å². The average molecular weight is 344 g/mol. The molecule has 26 heavy (non-hydrogen) atoms. The maximum atomic E-state index is 11.9. The fraction of sp³-hybridized carbons (Fsp3) is 0.0909. The van der Waals surface area contributed by atoms with E-state index in [4.69, 9.17) is 0 Å². The van der Waals surface area contributed by atoms with Crippen molar-refractivity contribution in [3.63, 3.8) is 0 Å². The minimum Gasteiger partial charge on any atom is -0.545 e. The Morgan fingerprint density at radius 2 is 1.19 bits per heavy atom. The second-order valence-corrected chi connectivity index (χ2v) is 6.03. The van der Waals surface area contributed by atoms with Crippen molar-refractivity contribution in [3.8, 4) is 0 Å². The third-order valence-electron chi connectivity index (χ3n) is 4.28. The van der Waals surface area contributed by atoms with Crippen LogP contribution in [0.15, 0.2) is 72.8 Å². The van der Waals surface area contributed by atoms with E-state index >= 15 is 0 Å². The Labute approximate surface area is 151 Å². The molecule has 0 N–H and O–H groups in total. The van der Waals surface area contributed by atoms with E-state index in [1.54, 1.807) is 0 Å². The first-order valence-electron chi connectivity index (χ1n) is 8.21. The molecular formula is C22H16O4-2. The molecule has 0 spiro atoms. The van der Waals surface area contributed by atoms with Crippen molar-refractivity contribution in [2.24, 2.45) is 0 Å². The summed E-state index contributed by atoms with van der Waals surface area (Å²) in [5, 5.41) is 23.4. The first kappa shape index (κ1) is 17.4. The Morgan fingerprint density at radius 1 is 0.654 bits per heavy atom. The summed E-state index contributed by atoms with van der Waals surface area (Å²) >= 11 is 0. The van der Waals surface area contributed by atoms with Gasteiger partial charge in [-0.2, -0.15) is 0 Å². The van der Waals surface area contributed by atoms with Gasteiger partial charge in [0.1, 0.15) is 0 Å². The van der Waals surface area contributed by atoms with Crippen LogP contribution in [0, 0.1) is 0 Å². The molecule has 3 aromatic carbocycles. The lowest BCUT2D eigenvalue weighted by Gasteiger charge is -2.20. The summed E-state index contributed by atoms with van der Waals surface area (Å²) in [7, 11) is 0. The van der Waals surface area contributed by atoms with Crippen molar-refractivity contribution < 1.29 is 19.8 Å². The predicted octanol–water partition coefficient (Wildman–Crippen LogP) is 1.60. The molecule has 0 fully saturated rings. The standard InChI is InChI=1S/C22H18O4/c23-21(24)18-12-11-17(13-15-7-3-1-4-8-15)20(22(25)26)19(18)14-16-9-5-2-6-10-16/h1-12H,13-14H2,(H,23,24)(H,25,26)/p-2. The molecule has 0 bridgehead atoms. The van der Waals surface area contributed by atoms with Crippen LogP contribution in [0.5, 0.6) is 0 Å². The zero-order chi connectivity index (χ0) is 18.5. The lowest BCUT2D eigenvalue weighted by molar-refractivity contribution is -0.255. The summed E-state index contributed by atoms with van der Waals surface area (Å²) in [6.45, 7) is 0. The largest absolute Gasteiger partial charge is 0.545 e. The molecule has 0 aromatic heterocycles. The quantitative estimate of drug-likeness (QED) is 0.680. The fourth-order valence-electron chi connectivity index (χ4n) is 3.09. The molecule has 0 atom stereocenters. The molecule has 0 heterocycles. The van der Waals surface area contributed by atoms with Gasteiger partial charge in [0.15, 0.2) is 0 Å². The lowest BCUT2D eigenvalue weighted by Crippen LogP contribution is -2.30. The number of hydrogen-bond donors (Lipinski definition) is 0. The first-order valence-corrected chi connectivity index (χ1v) is 8.21. The van der Waals surface area contributed by atoms with Crippen molar-refractivity contribution in [2.75, 3.05) is 0 Å². The van der Waals surface area contributed by atoms with Gasteiger partial charge in [0.2, 0.25) is 0 Å². The number of carboxylic acid groups (broad SMARTS) is 2. The number of benzene rings is 3. The van der Waals surface area contributed by atoms with Gasteiger partial charge in [-0.3, -0.25) is 0 Å². The number of carbonyl (C=O) groups excluding carboxylic acids is 2. The summed E-state index contributed by atoms with van der Waals surface area (Å²) in [5.74, 6) is -2.78. The Morgan fingerprint density at radius 3 is 1.69 bits per heavy atom. The molecule has 0 amide bonds. The van der Waals surface area contributed by atoms with Gasteiger partial charge in [0.25, 0.3) is 0 Å². The molecule has 0 saturated heterocycles. The monoisotopic (exact) mass is 344 g/mol. The van der Waals surface area contributed by atoms with Crippen LogP contribution in [-0.4, -0.2) is 11.9 Å². The fourth-order valence-corrected chi connectivity index (χ4v) is 3.09. The number of carboxylic acids is 2. The maximum Gasteiger partial charge on any atom is 0.0721 e. The van der Waals surface area contributed by atoms with Crippen LogP contribution < -0.4 is 10.2 Å². The topological polar surface area (TPSA) is 80.3 Å². The van der Waals surface area contributed by atoms with E-state index in [0.717, 1.165) is 11.1 Å². The van der Waals surface area contributed by atoms with Crippen LogP contribution in [-0.2, 0) is 12.8 Å². The molecule has 3 aromatic rings. The minimum atomic E-state index is -1.40. The van der Waals surface area contributed by atoms with Crippen molar-refractivity contribution in [3.05, 3.63) is 106 Å². The van der Waals surface area contributed by atoms with Crippen LogP contribution >= 0.6 is 0 Å². The normalized spacial score (nSPS) is 10.5. The Hall–Kier alpha value is -3.40. The highest BCUT2D eigenvalue weighted by molar-refractivity contribution is 5.96. The minimum absolute atomic E-state index is 0.0700. The van der Waals surface area contributed by atoms with Crippen LogP contribution in [0.3, 0.4) is 0 Å². The molecule has 0 unspecified atom stereocenters. The van der Waals surface area contributed by atoms with Gasteiger partial charge >= 0.3 is 0 Å². The molecule has 0 aliphatic rings. The summed E-state index contributed by atoms with van der Waals surface area (Å²) in [6.07, 6.45) is 0.551. The van der Waals surface area contributed by atoms with E-state index in [-0.39, 0.29) is 23.1 Å². The van der Waals surface area contributed by atoms with Crippen LogP contribution in [0.4, 0.5) is 0 Å². The maximum absolute atomic E-state index is 11.9. The molecular weight excluding hydrogens is 328 g/mol. The summed E-state index contributed by atoms with van der Waals surface area (Å²) in [5.41, 5.74) is 2.29. The number of aromatic carboxylic acids is 2. The average Bonchev–Trinajstić information content (AvgIpc) is 2.63. The lowest BCUT2D eigenvalue weighted by atomic mass is 9.89. The van der Waals surface area contributed by atoms with Crippen LogP contribution in [0.1, 0.15) is 43.0 Å². The number of hydrogen-bond acceptors (Lipinski definition) is 4. The number of rotatable bonds is 6. The van der Waals surface area contributed by atoms with Crippen molar-refractivity contribution in [2.45, 2.75) is 12.8 Å². The zero-order valence-corrected chi connectivity index (χ0v) is 14.0. The molecule has 4 heteroatoms. The van der Waals surface area contributed by atoms with Crippen molar-refractivity contribution in [1.29, 1.82) is 0 Å². The van der Waals surface area contributed by atoms with Gasteiger partial charge < -0.3 is 19.8 Å². The van der Waals surface area contributed by atoms with E-state index < -0.39 is 11.9 Å². The second kappa shape index (κ2) is 7.66. The van der Waals surface area contributed by atoms with Gasteiger partial charge in [-0.1, -0.05) is 72.8 Å². The molecule has 130 valence electrons. The predicted molar refractivity (Wildman–Crippen MR) is 93.6 cm³/mol. The van der Waals surface area contributed by atoms with E-state index in [2.05, 4.69) is 0 Å². The first-order chi connectivity index (χ1) is 12.6. The SMILES string of the molecule is O=C([O-])c1ccc(Cc2ccccc2)c(C(=O)[O-])c1Cc1ccccc1. The summed E-state index contributed by atoms with van der Waals surface area (Å²) in [6, 6.07) is 21.5. The third-order valence-corrected chi connectivity index (χ3v) is 4.28. The Balaban J connectivity index is 2.13. The molecule has 4 nitrogen and oxygen atoms in total. The van der Waals surface area contributed by atoms with Crippen LogP contribution in [0.25, 0.3) is 0 Å². The molecule has 0 radical (unpaired) electrons. The van der Waals surface area contributed by atoms with Crippen molar-refractivity contribution >= 4 is 11.9 Å². The van der Waals surface area contributed by atoms with E-state index in [1.807, 2.05) is 60.7 Å². The molecule has 0 saturated carbocycles. The Bertz CT molecular complexity index is 931. The second-order valence-electron chi connectivity index (χ2n) is 6.03. The summed E-state index contributed by atoms with van der Waals surface area (Å²) < 4.78 is 0. The highest BCUT2D eigenvalue weighted by atomic mass is 16.4.